The van der Waals surface area contributed by atoms with Gasteiger partial charge in [0.25, 0.3) is 5.91 Å². The smallest absolute Gasteiger partial charge is 0.267 e. The number of carbonyl (C=O) groups excluding carboxylic acids is 2. The van der Waals surface area contributed by atoms with Gasteiger partial charge in [-0.2, -0.15) is 0 Å². The monoisotopic (exact) mass is 408 g/mol. The highest BCUT2D eigenvalue weighted by Crippen LogP contribution is 2.35. The number of nitrogen functional groups attached to an aromatic ring is 1. The van der Waals surface area contributed by atoms with E-state index in [0.29, 0.717) is 24.7 Å². The number of piperidine rings is 1. The molecule has 2 amide bonds. The Kier molecular flexibility index (Phi) is 5.53. The first-order valence-electron chi connectivity index (χ1n) is 10.4. The van der Waals surface area contributed by atoms with Crippen LogP contribution in [0.5, 0.6) is 5.75 Å². The lowest BCUT2D eigenvalue weighted by molar-refractivity contribution is -0.127. The zero-order valence-electron chi connectivity index (χ0n) is 17.0. The number of nitrogens with zero attached hydrogens (tertiary/aromatic N) is 2. The van der Waals surface area contributed by atoms with Gasteiger partial charge < -0.3 is 25.7 Å². The largest absolute Gasteiger partial charge is 0.493 e. The molecule has 1 unspecified atom stereocenters. The third-order valence-electron chi connectivity index (χ3n) is 5.95. The Hall–Kier alpha value is -3.22. The van der Waals surface area contributed by atoms with Crippen molar-refractivity contribution in [1.82, 2.24) is 9.47 Å². The van der Waals surface area contributed by atoms with E-state index >= 15 is 0 Å². The van der Waals surface area contributed by atoms with E-state index in [9.17, 15) is 9.59 Å². The Bertz CT molecular complexity index is 960. The van der Waals surface area contributed by atoms with Crippen LogP contribution in [0.4, 0.5) is 5.69 Å². The summed E-state index contributed by atoms with van der Waals surface area (Å²) in [5.74, 6) is 0.860. The van der Waals surface area contributed by atoms with Gasteiger partial charge in [0.15, 0.2) is 0 Å². The molecule has 2 aliphatic rings. The van der Waals surface area contributed by atoms with Crippen LogP contribution in [0.2, 0.25) is 0 Å². The van der Waals surface area contributed by atoms with Crippen molar-refractivity contribution in [2.24, 2.45) is 11.7 Å². The van der Waals surface area contributed by atoms with Gasteiger partial charge in [0.1, 0.15) is 11.4 Å². The van der Waals surface area contributed by atoms with Gasteiger partial charge in [-0.25, -0.2) is 0 Å². The van der Waals surface area contributed by atoms with Crippen LogP contribution in [0, 0.1) is 5.92 Å². The minimum atomic E-state index is -0.581. The molecule has 1 saturated heterocycles. The van der Waals surface area contributed by atoms with Crippen LogP contribution in [0.1, 0.15) is 47.7 Å². The number of benzene rings is 1. The summed E-state index contributed by atoms with van der Waals surface area (Å²) in [6.45, 7) is 5.57. The molecule has 1 aromatic heterocycles. The maximum absolute atomic E-state index is 12.2. The Labute approximate surface area is 176 Å². The normalized spacial score (nSPS) is 18.8. The highest BCUT2D eigenvalue weighted by atomic mass is 16.5. The summed E-state index contributed by atoms with van der Waals surface area (Å²) in [5, 5.41) is 0. The second kappa shape index (κ2) is 8.26. The number of rotatable bonds is 7. The average Bonchev–Trinajstić information content (AvgIpc) is 3.52. The first-order valence-corrected chi connectivity index (χ1v) is 10.4. The molecule has 0 bridgehead atoms. The standard InChI is InChI=1S/C23H28N4O3/c1-2-20(28)26-11-3-4-16(12-26)19-13-27(22(21(19)24)23(25)29)17-7-9-18(10-8-17)30-14-15-5-6-15/h2,7-10,13,15-16H,1,3-6,11-12,14,24H2,(H2,25,29). The summed E-state index contributed by atoms with van der Waals surface area (Å²) in [6, 6.07) is 7.57. The molecule has 4 N–H and O–H groups in total. The lowest BCUT2D eigenvalue weighted by Gasteiger charge is -2.32. The molecule has 1 aliphatic carbocycles. The van der Waals surface area contributed by atoms with Crippen molar-refractivity contribution in [3.63, 3.8) is 0 Å². The van der Waals surface area contributed by atoms with Crippen LogP contribution in [-0.4, -0.2) is 41.0 Å². The van der Waals surface area contributed by atoms with Crippen molar-refractivity contribution in [2.45, 2.75) is 31.6 Å². The van der Waals surface area contributed by atoms with Crippen molar-refractivity contribution >= 4 is 17.5 Å². The molecule has 1 aromatic carbocycles. The van der Waals surface area contributed by atoms with Gasteiger partial charge in [0.05, 0.1) is 12.3 Å². The molecule has 0 spiro atoms. The third-order valence-corrected chi connectivity index (χ3v) is 5.95. The molecule has 4 rings (SSSR count). The van der Waals surface area contributed by atoms with Crippen LogP contribution in [0.25, 0.3) is 5.69 Å². The number of hydrogen-bond donors (Lipinski definition) is 2. The van der Waals surface area contributed by atoms with Crippen molar-refractivity contribution in [3.8, 4) is 11.4 Å². The van der Waals surface area contributed by atoms with Crippen molar-refractivity contribution in [1.29, 1.82) is 0 Å². The second-order valence-electron chi connectivity index (χ2n) is 8.16. The van der Waals surface area contributed by atoms with Crippen molar-refractivity contribution < 1.29 is 14.3 Å². The lowest BCUT2D eigenvalue weighted by Crippen LogP contribution is -2.38. The van der Waals surface area contributed by atoms with E-state index in [1.54, 1.807) is 9.47 Å². The zero-order chi connectivity index (χ0) is 21.3. The molecule has 30 heavy (non-hydrogen) atoms. The quantitative estimate of drug-likeness (QED) is 0.688. The number of ether oxygens (including phenoxy) is 1. The van der Waals surface area contributed by atoms with Gasteiger partial charge in [-0.3, -0.25) is 9.59 Å². The molecule has 1 aliphatic heterocycles. The minimum Gasteiger partial charge on any atom is -0.493 e. The van der Waals surface area contributed by atoms with E-state index in [2.05, 4.69) is 6.58 Å². The summed E-state index contributed by atoms with van der Waals surface area (Å²) < 4.78 is 7.54. The molecule has 2 aromatic rings. The first-order chi connectivity index (χ1) is 14.5. The molecule has 1 saturated carbocycles. The number of nitrogens with two attached hydrogens (primary N) is 2. The number of carbonyl (C=O) groups is 2. The molecule has 158 valence electrons. The lowest BCUT2D eigenvalue weighted by atomic mass is 9.91. The van der Waals surface area contributed by atoms with Crippen LogP contribution in [0.15, 0.2) is 43.1 Å². The summed E-state index contributed by atoms with van der Waals surface area (Å²) >= 11 is 0. The number of hydrogen-bond acceptors (Lipinski definition) is 4. The van der Waals surface area contributed by atoms with E-state index in [1.165, 1.54) is 18.9 Å². The van der Waals surface area contributed by atoms with Gasteiger partial charge in [-0.1, -0.05) is 6.58 Å². The molecule has 2 fully saturated rings. The SMILES string of the molecule is C=CC(=O)N1CCCC(c2cn(-c3ccc(OCC4CC4)cc3)c(C(N)=O)c2N)C1. The van der Waals surface area contributed by atoms with Crippen LogP contribution >= 0.6 is 0 Å². The van der Waals surface area contributed by atoms with Gasteiger partial charge in [0, 0.05) is 30.9 Å². The Morgan fingerprint density at radius 1 is 1.20 bits per heavy atom. The number of anilines is 1. The Morgan fingerprint density at radius 2 is 1.93 bits per heavy atom. The Morgan fingerprint density at radius 3 is 2.57 bits per heavy atom. The van der Waals surface area contributed by atoms with Gasteiger partial charge >= 0.3 is 0 Å². The van der Waals surface area contributed by atoms with Crippen LogP contribution in [0.3, 0.4) is 0 Å². The van der Waals surface area contributed by atoms with Crippen molar-refractivity contribution in [2.75, 3.05) is 25.4 Å². The molecule has 7 nitrogen and oxygen atoms in total. The molecule has 2 heterocycles. The Balaban J connectivity index is 1.61. The molecule has 7 heteroatoms. The van der Waals surface area contributed by atoms with E-state index in [4.69, 9.17) is 16.2 Å². The summed E-state index contributed by atoms with van der Waals surface area (Å²) in [6.07, 6.45) is 7.45. The average molecular weight is 409 g/mol. The van der Waals surface area contributed by atoms with E-state index in [-0.39, 0.29) is 17.5 Å². The minimum absolute atomic E-state index is 0.0446. The summed E-state index contributed by atoms with van der Waals surface area (Å²) in [4.78, 5) is 26.0. The first kappa shape index (κ1) is 20.1. The van der Waals surface area contributed by atoms with Crippen molar-refractivity contribution in [3.05, 3.63) is 54.4 Å². The molecule has 1 atom stereocenters. The molecular weight excluding hydrogens is 380 g/mol. The number of likely N-dealkylation sites (tertiary alicyclic amines) is 1. The number of amides is 2. The highest BCUT2D eigenvalue weighted by molar-refractivity contribution is 5.98. The van der Waals surface area contributed by atoms with Gasteiger partial charge in [-0.05, 0) is 67.5 Å². The van der Waals surface area contributed by atoms with Crippen LogP contribution < -0.4 is 16.2 Å². The topological polar surface area (TPSA) is 104 Å². The molecular formula is C23H28N4O3. The van der Waals surface area contributed by atoms with E-state index < -0.39 is 5.91 Å². The van der Waals surface area contributed by atoms with E-state index in [1.807, 2.05) is 30.5 Å². The predicted molar refractivity (Wildman–Crippen MR) is 116 cm³/mol. The zero-order valence-corrected chi connectivity index (χ0v) is 17.0. The fraction of sp³-hybridized carbons (Fsp3) is 0.391. The highest BCUT2D eigenvalue weighted by Gasteiger charge is 2.29. The number of primary amides is 1. The fourth-order valence-corrected chi connectivity index (χ4v) is 4.08. The predicted octanol–water partition coefficient (Wildman–Crippen LogP) is 2.84. The molecule has 0 radical (unpaired) electrons. The van der Waals surface area contributed by atoms with Crippen LogP contribution in [-0.2, 0) is 4.79 Å². The fourth-order valence-electron chi connectivity index (χ4n) is 4.08. The maximum atomic E-state index is 12.2. The van der Waals surface area contributed by atoms with Gasteiger partial charge in [-0.15, -0.1) is 0 Å². The van der Waals surface area contributed by atoms with E-state index in [0.717, 1.165) is 36.4 Å². The summed E-state index contributed by atoms with van der Waals surface area (Å²) in [7, 11) is 0. The number of aromatic nitrogens is 1. The summed E-state index contributed by atoms with van der Waals surface area (Å²) in [5.41, 5.74) is 14.3. The maximum Gasteiger partial charge on any atom is 0.267 e. The van der Waals surface area contributed by atoms with Gasteiger partial charge in [0.2, 0.25) is 5.91 Å². The second-order valence-corrected chi connectivity index (χ2v) is 8.16. The third kappa shape index (κ3) is 4.06.